The molecular weight excluding hydrogens is 523 g/mol. The molecule has 2 unspecified atom stereocenters. The lowest BCUT2D eigenvalue weighted by atomic mass is 9.84. The van der Waals surface area contributed by atoms with Crippen molar-refractivity contribution in [1.82, 2.24) is 9.80 Å². The average molecular weight is 560 g/mol. The van der Waals surface area contributed by atoms with Crippen molar-refractivity contribution >= 4 is 57.6 Å². The summed E-state index contributed by atoms with van der Waals surface area (Å²) in [5, 5.41) is 0.705. The molecular formula is C30H36Cl2N2O4. The van der Waals surface area contributed by atoms with Crippen LogP contribution in [0, 0.1) is 11.8 Å². The van der Waals surface area contributed by atoms with Gasteiger partial charge in [-0.2, -0.15) is 0 Å². The highest BCUT2D eigenvalue weighted by molar-refractivity contribution is 6.45. The lowest BCUT2D eigenvalue weighted by Crippen LogP contribution is -2.46. The van der Waals surface area contributed by atoms with Gasteiger partial charge in [-0.25, -0.2) is 0 Å². The van der Waals surface area contributed by atoms with Gasteiger partial charge in [-0.05, 0) is 36.8 Å². The molecule has 0 aromatic heterocycles. The van der Waals surface area contributed by atoms with E-state index in [1.807, 2.05) is 6.92 Å². The highest BCUT2D eigenvalue weighted by Crippen LogP contribution is 2.44. The molecule has 2 aromatic rings. The van der Waals surface area contributed by atoms with E-state index in [9.17, 15) is 19.2 Å². The van der Waals surface area contributed by atoms with Crippen molar-refractivity contribution in [1.29, 1.82) is 0 Å². The number of imide groups is 2. The summed E-state index contributed by atoms with van der Waals surface area (Å²) in [5.41, 5.74) is 0.736. The van der Waals surface area contributed by atoms with Crippen LogP contribution < -0.4 is 0 Å². The van der Waals surface area contributed by atoms with E-state index in [1.165, 1.54) is 21.9 Å². The molecule has 0 saturated heterocycles. The zero-order valence-electron chi connectivity index (χ0n) is 22.7. The van der Waals surface area contributed by atoms with Gasteiger partial charge in [0.25, 0.3) is 23.6 Å². The van der Waals surface area contributed by atoms with Crippen molar-refractivity contribution in [2.45, 2.75) is 79.1 Å². The molecule has 0 radical (unpaired) electrons. The van der Waals surface area contributed by atoms with E-state index in [2.05, 4.69) is 20.8 Å². The van der Waals surface area contributed by atoms with Crippen LogP contribution in [0.5, 0.6) is 0 Å². The minimum absolute atomic E-state index is 0.0896. The highest BCUT2D eigenvalue weighted by atomic mass is 35.5. The quantitative estimate of drug-likeness (QED) is 0.249. The van der Waals surface area contributed by atoms with Gasteiger partial charge in [0.1, 0.15) is 0 Å². The lowest BCUT2D eigenvalue weighted by Gasteiger charge is -2.35. The number of hydrogen-bond acceptors (Lipinski definition) is 4. The summed E-state index contributed by atoms with van der Waals surface area (Å²) < 4.78 is 0. The maximum atomic E-state index is 13.7. The number of carbonyl (C=O) groups is 4. The van der Waals surface area contributed by atoms with Gasteiger partial charge in [-0.1, -0.05) is 89.4 Å². The SMILES string of the molecule is CCCCC(CC)CN1C(=O)c2cc(Cl)c3c4c(c(Cl)cc(c24)C1=O)C(=O)N(CC(CC)CCCC)C3=O. The van der Waals surface area contributed by atoms with Gasteiger partial charge in [-0.3, -0.25) is 29.0 Å². The van der Waals surface area contributed by atoms with E-state index in [0.717, 1.165) is 51.4 Å². The zero-order valence-corrected chi connectivity index (χ0v) is 24.2. The van der Waals surface area contributed by atoms with Gasteiger partial charge in [0.2, 0.25) is 0 Å². The predicted octanol–water partition coefficient (Wildman–Crippen LogP) is 7.77. The molecule has 4 amide bonds. The smallest absolute Gasteiger partial charge is 0.262 e. The summed E-state index contributed by atoms with van der Waals surface area (Å²) in [4.78, 5) is 57.2. The zero-order chi connectivity index (χ0) is 27.7. The molecule has 2 atom stereocenters. The van der Waals surface area contributed by atoms with Gasteiger partial charge in [0.15, 0.2) is 0 Å². The Hall–Kier alpha value is -2.44. The van der Waals surface area contributed by atoms with E-state index in [0.29, 0.717) is 11.9 Å². The second-order valence-corrected chi connectivity index (χ2v) is 11.4. The number of rotatable bonds is 12. The molecule has 2 aromatic carbocycles. The Morgan fingerprint density at radius 1 is 0.632 bits per heavy atom. The van der Waals surface area contributed by atoms with E-state index in [1.54, 1.807) is 0 Å². The highest BCUT2D eigenvalue weighted by Gasteiger charge is 2.43. The predicted molar refractivity (Wildman–Crippen MR) is 151 cm³/mol. The summed E-state index contributed by atoms with van der Waals surface area (Å²) in [5.74, 6) is -1.57. The molecule has 0 aliphatic carbocycles. The second-order valence-electron chi connectivity index (χ2n) is 10.6. The first-order valence-electron chi connectivity index (χ1n) is 13.9. The molecule has 0 bridgehead atoms. The van der Waals surface area contributed by atoms with E-state index in [-0.39, 0.29) is 56.1 Å². The molecule has 38 heavy (non-hydrogen) atoms. The van der Waals surface area contributed by atoms with Gasteiger partial charge in [0.05, 0.1) is 32.3 Å². The van der Waals surface area contributed by atoms with Gasteiger partial charge < -0.3 is 0 Å². The van der Waals surface area contributed by atoms with Crippen LogP contribution in [-0.4, -0.2) is 46.5 Å². The van der Waals surface area contributed by atoms with E-state index in [4.69, 9.17) is 23.2 Å². The summed E-state index contributed by atoms with van der Waals surface area (Å²) in [6.07, 6.45) is 7.58. The summed E-state index contributed by atoms with van der Waals surface area (Å²) in [7, 11) is 0. The molecule has 0 fully saturated rings. The molecule has 0 saturated carbocycles. The number of hydrogen-bond donors (Lipinski definition) is 0. The van der Waals surface area contributed by atoms with Crippen LogP contribution >= 0.6 is 23.2 Å². The van der Waals surface area contributed by atoms with Crippen molar-refractivity contribution in [2.24, 2.45) is 11.8 Å². The molecule has 2 aliphatic rings. The average Bonchev–Trinajstić information content (AvgIpc) is 2.90. The molecule has 8 heteroatoms. The maximum Gasteiger partial charge on any atom is 0.262 e. The molecule has 4 rings (SSSR count). The topological polar surface area (TPSA) is 74.8 Å². The second kappa shape index (κ2) is 11.7. The monoisotopic (exact) mass is 558 g/mol. The fourth-order valence-electron chi connectivity index (χ4n) is 5.75. The number of unbranched alkanes of at least 4 members (excludes halogenated alkanes) is 2. The van der Waals surface area contributed by atoms with Crippen LogP contribution in [0.1, 0.15) is 120 Å². The van der Waals surface area contributed by atoms with Gasteiger partial charge in [-0.15, -0.1) is 0 Å². The lowest BCUT2D eigenvalue weighted by molar-refractivity contribution is 0.0559. The van der Waals surface area contributed by atoms with Crippen molar-refractivity contribution < 1.29 is 19.2 Å². The minimum Gasteiger partial charge on any atom is -0.274 e. The maximum absolute atomic E-state index is 13.7. The van der Waals surface area contributed by atoms with Crippen LogP contribution in [0.3, 0.4) is 0 Å². The summed E-state index contributed by atoms with van der Waals surface area (Å²) >= 11 is 13.4. The van der Waals surface area contributed by atoms with Gasteiger partial charge in [0, 0.05) is 23.9 Å². The number of halogens is 2. The van der Waals surface area contributed by atoms with Gasteiger partial charge >= 0.3 is 0 Å². The Morgan fingerprint density at radius 2 is 1.03 bits per heavy atom. The number of carbonyl (C=O) groups excluding carboxylic acids is 4. The number of benzene rings is 2. The molecule has 2 aliphatic heterocycles. The third-order valence-electron chi connectivity index (χ3n) is 8.15. The van der Waals surface area contributed by atoms with Crippen LogP contribution in [0.2, 0.25) is 10.0 Å². The Labute approximate surface area is 234 Å². The van der Waals surface area contributed by atoms with Crippen molar-refractivity contribution in [3.8, 4) is 0 Å². The Morgan fingerprint density at radius 3 is 1.39 bits per heavy atom. The van der Waals surface area contributed by atoms with Crippen LogP contribution in [-0.2, 0) is 0 Å². The Bertz CT molecular complexity index is 1230. The van der Waals surface area contributed by atoms with E-state index >= 15 is 0 Å². The largest absolute Gasteiger partial charge is 0.274 e. The normalized spacial score (nSPS) is 16.6. The first-order chi connectivity index (χ1) is 18.2. The third kappa shape index (κ3) is 4.86. The number of nitrogens with zero attached hydrogens (tertiary/aromatic N) is 2. The fraction of sp³-hybridized carbons (Fsp3) is 0.533. The molecule has 0 N–H and O–H groups in total. The molecule has 204 valence electrons. The van der Waals surface area contributed by atoms with Crippen molar-refractivity contribution in [3.63, 3.8) is 0 Å². The fourth-order valence-corrected chi connectivity index (χ4v) is 6.32. The molecule has 2 heterocycles. The van der Waals surface area contributed by atoms with Crippen molar-refractivity contribution in [2.75, 3.05) is 13.1 Å². The molecule has 0 spiro atoms. The van der Waals surface area contributed by atoms with Crippen LogP contribution in [0.25, 0.3) is 10.8 Å². The number of amides is 4. The van der Waals surface area contributed by atoms with E-state index < -0.39 is 23.6 Å². The Kier molecular flexibility index (Phi) is 8.83. The summed E-state index contributed by atoms with van der Waals surface area (Å²) in [6, 6.07) is 2.96. The first kappa shape index (κ1) is 28.6. The summed E-state index contributed by atoms with van der Waals surface area (Å²) in [6.45, 7) is 8.90. The Balaban J connectivity index is 1.82. The van der Waals surface area contributed by atoms with Crippen molar-refractivity contribution in [3.05, 3.63) is 44.4 Å². The molecule has 6 nitrogen and oxygen atoms in total. The van der Waals surface area contributed by atoms with Crippen LogP contribution in [0.15, 0.2) is 12.1 Å². The van der Waals surface area contributed by atoms with Crippen LogP contribution in [0.4, 0.5) is 0 Å². The third-order valence-corrected chi connectivity index (χ3v) is 8.74. The standard InChI is InChI=1S/C30H36Cl2N2O4/c1-5-9-11-17(7-3)15-33-27(35)19-13-21(31)24-26-23(19)20(28(33)36)14-22(32)25(26)30(38)34(29(24)37)16-18(8-4)12-10-6-2/h13-14,17-18H,5-12,15-16H2,1-4H3. The first-order valence-corrected chi connectivity index (χ1v) is 14.7. The minimum atomic E-state index is -0.504.